The van der Waals surface area contributed by atoms with E-state index in [-0.39, 0.29) is 28.2 Å². The molecular weight excluding hydrogens is 412 g/mol. The number of ether oxygens (including phenoxy) is 1. The Morgan fingerprint density at radius 3 is 2.38 bits per heavy atom. The van der Waals surface area contributed by atoms with Crippen molar-refractivity contribution in [3.8, 4) is 5.75 Å². The summed E-state index contributed by atoms with van der Waals surface area (Å²) < 4.78 is 33.0. The quantitative estimate of drug-likeness (QED) is 0.742. The summed E-state index contributed by atoms with van der Waals surface area (Å²) in [5, 5.41) is 3.52. The van der Waals surface area contributed by atoms with Gasteiger partial charge in [-0.05, 0) is 55.7 Å². The lowest BCUT2D eigenvalue weighted by molar-refractivity contribution is 0.0939. The van der Waals surface area contributed by atoms with Crippen LogP contribution in [-0.4, -0.2) is 38.8 Å². The monoisotopic (exact) mass is 436 g/mol. The summed E-state index contributed by atoms with van der Waals surface area (Å²) in [5.41, 5.74) is 1.17. The number of sulfonamides is 1. The van der Waals surface area contributed by atoms with Gasteiger partial charge in [-0.2, -0.15) is 4.31 Å². The van der Waals surface area contributed by atoms with E-state index in [9.17, 15) is 13.2 Å². The van der Waals surface area contributed by atoms with Crippen molar-refractivity contribution in [2.24, 2.45) is 0 Å². The number of hydrogen-bond acceptors (Lipinski definition) is 4. The van der Waals surface area contributed by atoms with Crippen LogP contribution in [0.5, 0.6) is 5.75 Å². The van der Waals surface area contributed by atoms with E-state index in [0.717, 1.165) is 24.8 Å². The van der Waals surface area contributed by atoms with Crippen LogP contribution < -0.4 is 10.1 Å². The lowest BCUT2D eigenvalue weighted by Gasteiger charge is -2.26. The number of methoxy groups -OCH3 is 1. The molecule has 0 aromatic heterocycles. The maximum Gasteiger partial charge on any atom is 0.251 e. The van der Waals surface area contributed by atoms with Gasteiger partial charge >= 0.3 is 0 Å². The van der Waals surface area contributed by atoms with Crippen molar-refractivity contribution in [1.29, 1.82) is 0 Å². The van der Waals surface area contributed by atoms with Crippen LogP contribution in [0.3, 0.4) is 0 Å². The van der Waals surface area contributed by atoms with Gasteiger partial charge in [0.1, 0.15) is 10.6 Å². The van der Waals surface area contributed by atoms with Gasteiger partial charge in [-0.3, -0.25) is 4.79 Å². The second-order valence-corrected chi connectivity index (χ2v) is 9.42. The zero-order valence-electron chi connectivity index (χ0n) is 16.5. The summed E-state index contributed by atoms with van der Waals surface area (Å²) in [5.74, 6) is -0.122. The fraction of sp³-hybridized carbons (Fsp3) is 0.381. The topological polar surface area (TPSA) is 75.7 Å². The van der Waals surface area contributed by atoms with Crippen LogP contribution in [0.25, 0.3) is 0 Å². The molecule has 0 bridgehead atoms. The summed E-state index contributed by atoms with van der Waals surface area (Å²) >= 11 is 5.91. The van der Waals surface area contributed by atoms with Crippen LogP contribution >= 0.6 is 11.6 Å². The third-order valence-electron chi connectivity index (χ3n) is 5.08. The smallest absolute Gasteiger partial charge is 0.251 e. The molecule has 2 aromatic rings. The number of nitrogens with zero attached hydrogens (tertiary/aromatic N) is 1. The predicted molar refractivity (Wildman–Crippen MR) is 113 cm³/mol. The summed E-state index contributed by atoms with van der Waals surface area (Å²) in [7, 11) is -2.31. The first-order valence-electron chi connectivity index (χ1n) is 9.57. The van der Waals surface area contributed by atoms with E-state index >= 15 is 0 Å². The molecule has 3 rings (SSSR count). The fourth-order valence-electron chi connectivity index (χ4n) is 3.38. The van der Waals surface area contributed by atoms with Gasteiger partial charge in [0.15, 0.2) is 0 Å². The van der Waals surface area contributed by atoms with E-state index < -0.39 is 10.0 Å². The van der Waals surface area contributed by atoms with Crippen molar-refractivity contribution in [2.75, 3.05) is 20.2 Å². The Morgan fingerprint density at radius 2 is 1.76 bits per heavy atom. The Bertz CT molecular complexity index is 971. The number of halogens is 1. The molecule has 1 fully saturated rings. The van der Waals surface area contributed by atoms with E-state index in [1.807, 2.05) is 19.1 Å². The highest BCUT2D eigenvalue weighted by Gasteiger charge is 2.29. The molecule has 1 heterocycles. The van der Waals surface area contributed by atoms with Gasteiger partial charge < -0.3 is 10.1 Å². The molecule has 1 saturated heterocycles. The van der Waals surface area contributed by atoms with Crippen molar-refractivity contribution >= 4 is 27.5 Å². The summed E-state index contributed by atoms with van der Waals surface area (Å²) in [4.78, 5) is 12.8. The number of benzene rings is 2. The van der Waals surface area contributed by atoms with E-state index in [1.54, 1.807) is 18.2 Å². The van der Waals surface area contributed by atoms with Crippen molar-refractivity contribution < 1.29 is 17.9 Å². The SMILES string of the molecule is COc1ccc(C(=O)N[C@H](C)c2ccc(Cl)cc2)cc1S(=O)(=O)N1CCCCC1. The lowest BCUT2D eigenvalue weighted by atomic mass is 10.1. The second kappa shape index (κ2) is 9.15. The zero-order valence-corrected chi connectivity index (χ0v) is 18.1. The highest BCUT2D eigenvalue weighted by molar-refractivity contribution is 7.89. The molecule has 6 nitrogen and oxygen atoms in total. The summed E-state index contributed by atoms with van der Waals surface area (Å²) in [6.45, 7) is 2.82. The first-order valence-corrected chi connectivity index (χ1v) is 11.4. The van der Waals surface area contributed by atoms with Crippen LogP contribution in [-0.2, 0) is 10.0 Å². The highest BCUT2D eigenvalue weighted by Crippen LogP contribution is 2.30. The van der Waals surface area contributed by atoms with E-state index in [4.69, 9.17) is 16.3 Å². The minimum absolute atomic E-state index is 0.0219. The zero-order chi connectivity index (χ0) is 21.0. The molecule has 2 aromatic carbocycles. The summed E-state index contributed by atoms with van der Waals surface area (Å²) in [6.07, 6.45) is 2.69. The van der Waals surface area contributed by atoms with Crippen molar-refractivity contribution in [3.63, 3.8) is 0 Å². The molecule has 29 heavy (non-hydrogen) atoms. The summed E-state index contributed by atoms with van der Waals surface area (Å²) in [6, 6.07) is 11.4. The van der Waals surface area contributed by atoms with Crippen LogP contribution in [0.15, 0.2) is 47.4 Å². The molecule has 1 aliphatic heterocycles. The van der Waals surface area contributed by atoms with E-state index in [1.165, 1.54) is 23.5 Å². The average molecular weight is 437 g/mol. The van der Waals surface area contributed by atoms with Crippen LogP contribution in [0, 0.1) is 0 Å². The Kier molecular flexibility index (Phi) is 6.82. The van der Waals surface area contributed by atoms with Crippen LogP contribution in [0.1, 0.15) is 48.1 Å². The molecule has 0 saturated carbocycles. The molecule has 1 atom stereocenters. The number of carbonyl (C=O) groups excluding carboxylic acids is 1. The Hall–Kier alpha value is -2.09. The Morgan fingerprint density at radius 1 is 1.10 bits per heavy atom. The molecule has 0 unspecified atom stereocenters. The fourth-order valence-corrected chi connectivity index (χ4v) is 5.20. The number of hydrogen-bond donors (Lipinski definition) is 1. The van der Waals surface area contributed by atoms with Crippen LogP contribution in [0.2, 0.25) is 5.02 Å². The number of rotatable bonds is 6. The number of carbonyl (C=O) groups is 1. The maximum atomic E-state index is 13.1. The highest BCUT2D eigenvalue weighted by atomic mass is 35.5. The number of piperidine rings is 1. The van der Waals surface area contributed by atoms with Gasteiger partial charge in [0, 0.05) is 23.7 Å². The lowest BCUT2D eigenvalue weighted by Crippen LogP contribution is -2.36. The molecule has 0 radical (unpaired) electrons. The van der Waals surface area contributed by atoms with Crippen LogP contribution in [0.4, 0.5) is 0 Å². The van der Waals surface area contributed by atoms with Crippen molar-refractivity contribution in [1.82, 2.24) is 9.62 Å². The number of amides is 1. The maximum absolute atomic E-state index is 13.1. The van der Waals surface area contributed by atoms with E-state index in [2.05, 4.69) is 5.32 Å². The average Bonchev–Trinajstić information content (AvgIpc) is 2.74. The Labute approximate surface area is 176 Å². The third kappa shape index (κ3) is 4.91. The second-order valence-electron chi connectivity index (χ2n) is 7.08. The third-order valence-corrected chi connectivity index (χ3v) is 7.25. The molecule has 1 aliphatic rings. The van der Waals surface area contributed by atoms with Gasteiger partial charge in [0.2, 0.25) is 10.0 Å². The molecule has 0 aliphatic carbocycles. The molecule has 1 N–H and O–H groups in total. The molecule has 8 heteroatoms. The minimum Gasteiger partial charge on any atom is -0.495 e. The largest absolute Gasteiger partial charge is 0.495 e. The normalized spacial score (nSPS) is 16.2. The van der Waals surface area contributed by atoms with Crippen molar-refractivity contribution in [3.05, 3.63) is 58.6 Å². The molecule has 0 spiro atoms. The van der Waals surface area contributed by atoms with Gasteiger partial charge in [0.25, 0.3) is 5.91 Å². The van der Waals surface area contributed by atoms with Gasteiger partial charge in [-0.15, -0.1) is 0 Å². The molecule has 156 valence electrons. The van der Waals surface area contributed by atoms with E-state index in [0.29, 0.717) is 18.1 Å². The molecule has 1 amide bonds. The van der Waals surface area contributed by atoms with Crippen molar-refractivity contribution in [2.45, 2.75) is 37.1 Å². The van der Waals surface area contributed by atoms with Gasteiger partial charge in [0.05, 0.1) is 13.2 Å². The molecular formula is C21H25ClN2O4S. The predicted octanol–water partition coefficient (Wildman–Crippen LogP) is 4.01. The standard InChI is InChI=1S/C21H25ClN2O4S/c1-15(16-6-9-18(22)10-7-16)23-21(25)17-8-11-19(28-2)20(14-17)29(26,27)24-12-4-3-5-13-24/h6-11,14-15H,3-5,12-13H2,1-2H3,(H,23,25)/t15-/m1/s1. The number of nitrogens with one attached hydrogen (secondary N) is 1. The minimum atomic E-state index is -3.73. The first kappa shape index (κ1) is 21.6. The van der Waals surface area contributed by atoms with Gasteiger partial charge in [-0.25, -0.2) is 8.42 Å². The first-order chi connectivity index (χ1) is 13.8. The Balaban J connectivity index is 1.85. The van der Waals surface area contributed by atoms with Gasteiger partial charge in [-0.1, -0.05) is 30.2 Å².